The van der Waals surface area contributed by atoms with Crippen LogP contribution >= 0.6 is 0 Å². The molecule has 1 aromatic heterocycles. The molecule has 114 valence electrons. The van der Waals surface area contributed by atoms with Gasteiger partial charge in [0.1, 0.15) is 0 Å². The predicted molar refractivity (Wildman–Crippen MR) is 84.6 cm³/mol. The molecule has 0 atom stereocenters. The van der Waals surface area contributed by atoms with Crippen LogP contribution in [0, 0.1) is 5.92 Å². The number of rotatable bonds is 8. The minimum absolute atomic E-state index is 0.116. The largest absolute Gasteiger partial charge is 0.375 e. The van der Waals surface area contributed by atoms with Gasteiger partial charge in [0.15, 0.2) is 0 Å². The summed E-state index contributed by atoms with van der Waals surface area (Å²) in [4.78, 5) is 4.62. The molecule has 0 saturated carbocycles. The van der Waals surface area contributed by atoms with Gasteiger partial charge in [-0.15, -0.1) is 0 Å². The number of hydrogen-bond acceptors (Lipinski definition) is 3. The van der Waals surface area contributed by atoms with Gasteiger partial charge in [0.05, 0.1) is 18.0 Å². The Hall–Kier alpha value is -0.930. The molecular weight excluding hydrogens is 248 g/mol. The van der Waals surface area contributed by atoms with E-state index in [-0.39, 0.29) is 5.54 Å². The standard InChI is InChI=1S/C17H30N2O/c1-14(2)8-7-11-20-13-16-10-6-9-15(19-16)12-18-17(3,4)5/h6,9-10,14,18H,7-8,11-13H2,1-5H3. The molecule has 0 unspecified atom stereocenters. The number of hydrogen-bond donors (Lipinski definition) is 1. The highest BCUT2D eigenvalue weighted by atomic mass is 16.5. The Kier molecular flexibility index (Phi) is 7.17. The molecule has 0 bridgehead atoms. The number of nitrogens with one attached hydrogen (secondary N) is 1. The summed E-state index contributed by atoms with van der Waals surface area (Å²) in [5.74, 6) is 0.753. The molecule has 1 aromatic rings. The van der Waals surface area contributed by atoms with Gasteiger partial charge in [0.2, 0.25) is 0 Å². The third-order valence-electron chi connectivity index (χ3n) is 2.98. The summed E-state index contributed by atoms with van der Waals surface area (Å²) in [5.41, 5.74) is 2.20. The Balaban J connectivity index is 2.32. The summed E-state index contributed by atoms with van der Waals surface area (Å²) in [7, 11) is 0. The van der Waals surface area contributed by atoms with Crippen LogP contribution in [0.15, 0.2) is 18.2 Å². The molecule has 0 amide bonds. The Labute approximate surface area is 124 Å². The lowest BCUT2D eigenvalue weighted by Crippen LogP contribution is -2.35. The summed E-state index contributed by atoms with van der Waals surface area (Å²) in [6.07, 6.45) is 2.35. The van der Waals surface area contributed by atoms with Crippen molar-refractivity contribution in [3.8, 4) is 0 Å². The van der Waals surface area contributed by atoms with Gasteiger partial charge >= 0.3 is 0 Å². The fraction of sp³-hybridized carbons (Fsp3) is 0.706. The highest BCUT2D eigenvalue weighted by Gasteiger charge is 2.09. The van der Waals surface area contributed by atoms with E-state index in [9.17, 15) is 0 Å². The zero-order valence-corrected chi connectivity index (χ0v) is 13.7. The van der Waals surface area contributed by atoms with Crippen molar-refractivity contribution in [1.82, 2.24) is 10.3 Å². The van der Waals surface area contributed by atoms with Crippen LogP contribution in [0.3, 0.4) is 0 Å². The second-order valence-electron chi connectivity index (χ2n) is 6.81. The van der Waals surface area contributed by atoms with E-state index in [1.165, 1.54) is 6.42 Å². The molecule has 0 saturated heterocycles. The highest BCUT2D eigenvalue weighted by Crippen LogP contribution is 2.07. The first-order chi connectivity index (χ1) is 9.37. The van der Waals surface area contributed by atoms with Gasteiger partial charge in [-0.25, -0.2) is 0 Å². The van der Waals surface area contributed by atoms with Gasteiger partial charge in [-0.3, -0.25) is 4.98 Å². The van der Waals surface area contributed by atoms with Crippen molar-refractivity contribution in [1.29, 1.82) is 0 Å². The SMILES string of the molecule is CC(C)CCCOCc1cccc(CNC(C)(C)C)n1. The maximum Gasteiger partial charge on any atom is 0.0887 e. The van der Waals surface area contributed by atoms with Crippen molar-refractivity contribution in [3.63, 3.8) is 0 Å². The van der Waals surface area contributed by atoms with Crippen molar-refractivity contribution in [2.45, 2.75) is 66.2 Å². The quantitative estimate of drug-likeness (QED) is 0.732. The van der Waals surface area contributed by atoms with Gasteiger partial charge in [-0.05, 0) is 51.7 Å². The van der Waals surface area contributed by atoms with Crippen molar-refractivity contribution in [2.75, 3.05) is 6.61 Å². The smallest absolute Gasteiger partial charge is 0.0887 e. The van der Waals surface area contributed by atoms with Crippen molar-refractivity contribution in [3.05, 3.63) is 29.6 Å². The Morgan fingerprint density at radius 3 is 2.55 bits per heavy atom. The summed E-state index contributed by atoms with van der Waals surface area (Å²) in [6.45, 7) is 13.2. The second-order valence-corrected chi connectivity index (χ2v) is 6.81. The molecule has 1 heterocycles. The van der Waals surface area contributed by atoms with E-state index < -0.39 is 0 Å². The molecule has 1 rings (SSSR count). The molecule has 3 nitrogen and oxygen atoms in total. The topological polar surface area (TPSA) is 34.1 Å². The Morgan fingerprint density at radius 1 is 1.20 bits per heavy atom. The first kappa shape index (κ1) is 17.1. The van der Waals surface area contributed by atoms with Gasteiger partial charge < -0.3 is 10.1 Å². The third kappa shape index (κ3) is 8.28. The van der Waals surface area contributed by atoms with Crippen LogP contribution in [0.25, 0.3) is 0 Å². The maximum absolute atomic E-state index is 5.69. The molecule has 20 heavy (non-hydrogen) atoms. The molecule has 0 aliphatic carbocycles. The lowest BCUT2D eigenvalue weighted by atomic mass is 10.1. The summed E-state index contributed by atoms with van der Waals surface area (Å²) < 4.78 is 5.69. The molecule has 0 aromatic carbocycles. The van der Waals surface area contributed by atoms with Gasteiger partial charge in [0.25, 0.3) is 0 Å². The van der Waals surface area contributed by atoms with E-state index in [2.05, 4.69) is 57.1 Å². The van der Waals surface area contributed by atoms with Crippen molar-refractivity contribution < 1.29 is 4.74 Å². The van der Waals surface area contributed by atoms with E-state index in [4.69, 9.17) is 4.74 Å². The number of nitrogens with zero attached hydrogens (tertiary/aromatic N) is 1. The molecule has 0 fully saturated rings. The summed E-state index contributed by atoms with van der Waals surface area (Å²) in [6, 6.07) is 6.14. The van der Waals surface area contributed by atoms with Gasteiger partial charge in [0, 0.05) is 18.7 Å². The first-order valence-corrected chi connectivity index (χ1v) is 7.64. The third-order valence-corrected chi connectivity index (χ3v) is 2.98. The fourth-order valence-corrected chi connectivity index (χ4v) is 1.83. The van der Waals surface area contributed by atoms with Crippen LogP contribution in [0.5, 0.6) is 0 Å². The fourth-order valence-electron chi connectivity index (χ4n) is 1.83. The normalized spacial score (nSPS) is 12.1. The lowest BCUT2D eigenvalue weighted by molar-refractivity contribution is 0.112. The Bertz CT molecular complexity index is 383. The van der Waals surface area contributed by atoms with Gasteiger partial charge in [-0.1, -0.05) is 19.9 Å². The average molecular weight is 278 g/mol. The van der Waals surface area contributed by atoms with E-state index in [0.717, 1.165) is 36.9 Å². The van der Waals surface area contributed by atoms with Crippen molar-refractivity contribution in [2.24, 2.45) is 5.92 Å². The van der Waals surface area contributed by atoms with Crippen LogP contribution in [-0.4, -0.2) is 17.1 Å². The van der Waals surface area contributed by atoms with E-state index in [0.29, 0.717) is 6.61 Å². The van der Waals surface area contributed by atoms with Crippen LogP contribution in [0.1, 0.15) is 58.8 Å². The van der Waals surface area contributed by atoms with Crippen LogP contribution in [0.4, 0.5) is 0 Å². The van der Waals surface area contributed by atoms with E-state index in [1.807, 2.05) is 6.07 Å². The summed E-state index contributed by atoms with van der Waals surface area (Å²) >= 11 is 0. The zero-order valence-electron chi connectivity index (χ0n) is 13.7. The molecule has 0 spiro atoms. The maximum atomic E-state index is 5.69. The summed E-state index contributed by atoms with van der Waals surface area (Å²) in [5, 5.41) is 3.45. The minimum atomic E-state index is 0.116. The monoisotopic (exact) mass is 278 g/mol. The Morgan fingerprint density at radius 2 is 1.90 bits per heavy atom. The number of pyridine rings is 1. The number of ether oxygens (including phenoxy) is 1. The van der Waals surface area contributed by atoms with Crippen LogP contribution in [0.2, 0.25) is 0 Å². The minimum Gasteiger partial charge on any atom is -0.375 e. The molecule has 0 radical (unpaired) electrons. The second kappa shape index (κ2) is 8.38. The average Bonchev–Trinajstić information content (AvgIpc) is 2.35. The van der Waals surface area contributed by atoms with E-state index in [1.54, 1.807) is 0 Å². The van der Waals surface area contributed by atoms with Gasteiger partial charge in [-0.2, -0.15) is 0 Å². The molecule has 0 aliphatic rings. The molecular formula is C17H30N2O. The number of aromatic nitrogens is 1. The molecule has 3 heteroatoms. The highest BCUT2D eigenvalue weighted by molar-refractivity contribution is 5.10. The van der Waals surface area contributed by atoms with Crippen LogP contribution < -0.4 is 5.32 Å². The lowest BCUT2D eigenvalue weighted by Gasteiger charge is -2.20. The molecule has 0 aliphatic heterocycles. The first-order valence-electron chi connectivity index (χ1n) is 7.64. The van der Waals surface area contributed by atoms with E-state index >= 15 is 0 Å². The molecule has 1 N–H and O–H groups in total. The van der Waals surface area contributed by atoms with Crippen molar-refractivity contribution >= 4 is 0 Å². The van der Waals surface area contributed by atoms with Crippen LogP contribution in [-0.2, 0) is 17.9 Å². The zero-order chi connectivity index (χ0) is 15.0. The predicted octanol–water partition coefficient (Wildman–Crippen LogP) is 3.92.